The number of nitrogens with zero attached hydrogens (tertiary/aromatic N) is 4. The molecule has 1 amide bonds. The number of carbonyl (C=O) groups is 1. The molecule has 11 nitrogen and oxygen atoms in total. The molecule has 0 unspecified atom stereocenters. The van der Waals surface area contributed by atoms with Crippen molar-refractivity contribution in [1.82, 2.24) is 18.5 Å². The highest BCUT2D eigenvalue weighted by Gasteiger charge is 2.33. The summed E-state index contributed by atoms with van der Waals surface area (Å²) in [6.45, 7) is -0.379. The van der Waals surface area contributed by atoms with Crippen molar-refractivity contribution in [3.8, 4) is 23.0 Å². The molecule has 204 valence electrons. The lowest BCUT2D eigenvalue weighted by Gasteiger charge is -2.34. The van der Waals surface area contributed by atoms with E-state index in [-0.39, 0.29) is 55.0 Å². The molecule has 14 heteroatoms. The number of nitrogens with two attached hydrogens (primary N) is 1. The van der Waals surface area contributed by atoms with Gasteiger partial charge in [-0.3, -0.25) is 4.79 Å². The first-order valence-electron chi connectivity index (χ1n) is 11.9. The highest BCUT2D eigenvalue weighted by atomic mass is 32.2. The van der Waals surface area contributed by atoms with Crippen molar-refractivity contribution in [2.75, 3.05) is 46.9 Å². The van der Waals surface area contributed by atoms with Crippen molar-refractivity contribution < 1.29 is 35.9 Å². The summed E-state index contributed by atoms with van der Waals surface area (Å²) in [5, 5.41) is 0. The molecule has 1 saturated carbocycles. The molecule has 1 aromatic carbocycles. The fraction of sp³-hybridized carbons (Fsp3) is 0.565. The average Bonchev–Trinajstić information content (AvgIpc) is 3.57. The fourth-order valence-corrected chi connectivity index (χ4v) is 4.95. The molecule has 1 aromatic heterocycles. The summed E-state index contributed by atoms with van der Waals surface area (Å²) in [6, 6.07) is 3.64. The van der Waals surface area contributed by atoms with Crippen LogP contribution in [-0.4, -0.2) is 86.3 Å². The molecule has 2 heterocycles. The minimum Gasteiger partial charge on any atom is -0.489 e. The molecule has 0 spiro atoms. The first-order chi connectivity index (χ1) is 17.5. The third-order valence-corrected chi connectivity index (χ3v) is 8.10. The second-order valence-electron chi connectivity index (χ2n) is 9.30. The van der Waals surface area contributed by atoms with Crippen molar-refractivity contribution >= 4 is 16.1 Å². The average molecular weight is 544 g/mol. The Bertz CT molecular complexity index is 1220. The molecular weight excluding hydrogens is 512 g/mol. The Morgan fingerprint density at radius 2 is 1.89 bits per heavy atom. The Labute approximate surface area is 214 Å². The van der Waals surface area contributed by atoms with Gasteiger partial charge in [0.25, 0.3) is 16.1 Å². The number of hydrogen-bond acceptors (Lipinski definition) is 8. The number of aromatic nitrogens is 1. The molecule has 1 aliphatic carbocycles. The summed E-state index contributed by atoms with van der Waals surface area (Å²) in [6.07, 6.45) is 2.03. The highest BCUT2D eigenvalue weighted by molar-refractivity contribution is 7.86. The number of piperazine rings is 1. The van der Waals surface area contributed by atoms with E-state index in [1.54, 1.807) is 6.92 Å². The van der Waals surface area contributed by atoms with E-state index in [1.807, 2.05) is 0 Å². The molecular formula is C23H31F2N5O6S. The van der Waals surface area contributed by atoms with E-state index >= 15 is 0 Å². The van der Waals surface area contributed by atoms with Crippen molar-refractivity contribution in [1.29, 1.82) is 0 Å². The van der Waals surface area contributed by atoms with Crippen LogP contribution < -0.4 is 15.2 Å². The van der Waals surface area contributed by atoms with Crippen LogP contribution in [0.25, 0.3) is 11.5 Å². The minimum absolute atomic E-state index is 0.0160. The van der Waals surface area contributed by atoms with Crippen molar-refractivity contribution in [3.63, 3.8) is 0 Å². The first-order valence-corrected chi connectivity index (χ1v) is 13.3. The summed E-state index contributed by atoms with van der Waals surface area (Å²) in [5.74, 6) is 0.191. The van der Waals surface area contributed by atoms with Crippen LogP contribution in [0, 0.1) is 5.92 Å². The number of oxazole rings is 1. The number of carbonyl (C=O) groups excluding carboxylic acids is 1. The number of ether oxygens (including phenoxy) is 2. The van der Waals surface area contributed by atoms with E-state index in [2.05, 4.69) is 9.72 Å². The molecule has 2 aliphatic rings. The predicted molar refractivity (Wildman–Crippen MR) is 129 cm³/mol. The second kappa shape index (κ2) is 10.9. The lowest BCUT2D eigenvalue weighted by atomic mass is 10.2. The number of benzene rings is 1. The fourth-order valence-electron chi connectivity index (χ4n) is 3.86. The largest absolute Gasteiger partial charge is 0.489 e. The zero-order valence-corrected chi connectivity index (χ0v) is 21.7. The Balaban J connectivity index is 1.57. The summed E-state index contributed by atoms with van der Waals surface area (Å²) < 4.78 is 69.1. The van der Waals surface area contributed by atoms with E-state index in [0.717, 1.165) is 17.1 Å². The third-order valence-electron chi connectivity index (χ3n) is 6.16. The van der Waals surface area contributed by atoms with E-state index in [9.17, 15) is 22.0 Å². The normalized spacial score (nSPS) is 17.9. The van der Waals surface area contributed by atoms with Gasteiger partial charge in [-0.25, -0.2) is 4.98 Å². The molecule has 0 bridgehead atoms. The zero-order chi connectivity index (χ0) is 26.9. The van der Waals surface area contributed by atoms with Gasteiger partial charge in [-0.15, -0.1) is 0 Å². The molecule has 2 fully saturated rings. The SMILES string of the molecule is C[C@H](N)c1oc(-c2ccc(OC(F)F)c(OCC3CC3)c2)nc1C(=O)N1CCN(S(=O)(=O)N(C)C)CC1. The van der Waals surface area contributed by atoms with Crippen molar-refractivity contribution in [2.45, 2.75) is 32.4 Å². The summed E-state index contributed by atoms with van der Waals surface area (Å²) in [4.78, 5) is 19.2. The van der Waals surface area contributed by atoms with Gasteiger partial charge in [-0.2, -0.15) is 25.8 Å². The van der Waals surface area contributed by atoms with Gasteiger partial charge in [0.2, 0.25) is 5.89 Å². The first kappa shape index (κ1) is 27.2. The lowest BCUT2D eigenvalue weighted by molar-refractivity contribution is -0.0515. The Morgan fingerprint density at radius 1 is 1.22 bits per heavy atom. The van der Waals surface area contributed by atoms with Crippen LogP contribution in [0.4, 0.5) is 8.78 Å². The molecule has 2 N–H and O–H groups in total. The Hall–Kier alpha value is -2.81. The van der Waals surface area contributed by atoms with Gasteiger partial charge < -0.3 is 24.5 Å². The molecule has 0 radical (unpaired) electrons. The zero-order valence-electron chi connectivity index (χ0n) is 20.9. The number of amides is 1. The number of halogens is 2. The predicted octanol–water partition coefficient (Wildman–Crippen LogP) is 2.32. The molecule has 1 saturated heterocycles. The van der Waals surface area contributed by atoms with Crippen molar-refractivity contribution in [2.24, 2.45) is 11.7 Å². The number of hydrogen-bond donors (Lipinski definition) is 1. The highest BCUT2D eigenvalue weighted by Crippen LogP contribution is 2.37. The standard InChI is InChI=1S/C23H31F2N5O6S/c1-14(26)20-19(22(31)29-8-10-30(11-9-29)37(32,33)28(2)3)27-21(36-20)16-6-7-17(35-23(24)25)18(12-16)34-13-15-4-5-15/h6-7,12,14-15,23H,4-5,8-11,13,26H2,1-3H3/t14-/m0/s1. The smallest absolute Gasteiger partial charge is 0.387 e. The van der Waals surface area contributed by atoms with Gasteiger partial charge in [-0.1, -0.05) is 0 Å². The second-order valence-corrected chi connectivity index (χ2v) is 11.4. The molecule has 37 heavy (non-hydrogen) atoms. The van der Waals surface area contributed by atoms with Crippen molar-refractivity contribution in [3.05, 3.63) is 29.7 Å². The molecule has 1 atom stereocenters. The van der Waals surface area contributed by atoms with Crippen LogP contribution >= 0.6 is 0 Å². The Kier molecular flexibility index (Phi) is 8.02. The van der Waals surface area contributed by atoms with Gasteiger partial charge in [-0.05, 0) is 43.9 Å². The quantitative estimate of drug-likeness (QED) is 0.483. The van der Waals surface area contributed by atoms with Crippen LogP contribution in [0.2, 0.25) is 0 Å². The number of rotatable bonds is 10. The van der Waals surface area contributed by atoms with E-state index < -0.39 is 28.8 Å². The van der Waals surface area contributed by atoms with Crippen LogP contribution in [-0.2, 0) is 10.2 Å². The number of alkyl halides is 2. The summed E-state index contributed by atoms with van der Waals surface area (Å²) in [7, 11) is -0.680. The van der Waals surface area contributed by atoms with E-state index in [4.69, 9.17) is 14.9 Å². The molecule has 1 aliphatic heterocycles. The monoisotopic (exact) mass is 543 g/mol. The van der Waals surface area contributed by atoms with Crippen LogP contribution in [0.3, 0.4) is 0 Å². The van der Waals surface area contributed by atoms with Crippen LogP contribution in [0.1, 0.15) is 42.1 Å². The van der Waals surface area contributed by atoms with Gasteiger partial charge >= 0.3 is 6.61 Å². The molecule has 2 aromatic rings. The maximum absolute atomic E-state index is 13.3. The van der Waals surface area contributed by atoms with Crippen LogP contribution in [0.5, 0.6) is 11.5 Å². The van der Waals surface area contributed by atoms with Crippen LogP contribution in [0.15, 0.2) is 22.6 Å². The maximum Gasteiger partial charge on any atom is 0.387 e. The van der Waals surface area contributed by atoms with Gasteiger partial charge in [0.1, 0.15) is 0 Å². The minimum atomic E-state index is -3.58. The third kappa shape index (κ3) is 6.20. The topological polar surface area (TPSA) is 131 Å². The van der Waals surface area contributed by atoms with Gasteiger partial charge in [0.05, 0.1) is 12.6 Å². The lowest BCUT2D eigenvalue weighted by Crippen LogP contribution is -2.53. The summed E-state index contributed by atoms with van der Waals surface area (Å²) in [5.41, 5.74) is 6.47. The summed E-state index contributed by atoms with van der Waals surface area (Å²) >= 11 is 0. The van der Waals surface area contributed by atoms with Gasteiger partial charge in [0.15, 0.2) is 23.0 Å². The molecule has 4 rings (SSSR count). The van der Waals surface area contributed by atoms with E-state index in [0.29, 0.717) is 18.1 Å². The van der Waals surface area contributed by atoms with E-state index in [1.165, 1.54) is 41.5 Å². The maximum atomic E-state index is 13.3. The Morgan fingerprint density at radius 3 is 2.46 bits per heavy atom. The van der Waals surface area contributed by atoms with Gasteiger partial charge in [0, 0.05) is 45.8 Å².